The SMILES string of the molecule is Nc1cnccc1NC(=O)NC12CC3CC(CC(C3)C1)C2. The molecule has 2 amide bonds. The second kappa shape index (κ2) is 4.61. The molecule has 0 unspecified atom stereocenters. The molecule has 0 radical (unpaired) electrons. The van der Waals surface area contributed by atoms with E-state index in [0.29, 0.717) is 11.4 Å². The summed E-state index contributed by atoms with van der Waals surface area (Å²) >= 11 is 0. The predicted octanol–water partition coefficient (Wildman–Crippen LogP) is 2.75. The van der Waals surface area contributed by atoms with Gasteiger partial charge in [-0.05, 0) is 62.3 Å². The molecule has 0 aromatic carbocycles. The van der Waals surface area contributed by atoms with Crippen molar-refractivity contribution in [2.45, 2.75) is 44.1 Å². The number of pyridine rings is 1. The van der Waals surface area contributed by atoms with E-state index in [2.05, 4.69) is 15.6 Å². The van der Waals surface area contributed by atoms with Gasteiger partial charge in [0.15, 0.2) is 0 Å². The molecule has 1 aromatic rings. The lowest BCUT2D eigenvalue weighted by Gasteiger charge is -2.56. The molecular formula is C16H22N4O. The van der Waals surface area contributed by atoms with Crippen LogP contribution in [0.3, 0.4) is 0 Å². The molecule has 4 saturated carbocycles. The minimum atomic E-state index is -0.130. The van der Waals surface area contributed by atoms with Crippen molar-refractivity contribution in [1.82, 2.24) is 10.3 Å². The molecule has 4 N–H and O–H groups in total. The maximum Gasteiger partial charge on any atom is 0.319 e. The summed E-state index contributed by atoms with van der Waals surface area (Å²) < 4.78 is 0. The van der Waals surface area contributed by atoms with Crippen LogP contribution >= 0.6 is 0 Å². The van der Waals surface area contributed by atoms with Crippen LogP contribution in [-0.2, 0) is 0 Å². The van der Waals surface area contributed by atoms with Crippen molar-refractivity contribution >= 4 is 17.4 Å². The van der Waals surface area contributed by atoms with E-state index in [0.717, 1.165) is 37.0 Å². The summed E-state index contributed by atoms with van der Waals surface area (Å²) in [6, 6.07) is 1.60. The number of carbonyl (C=O) groups is 1. The zero-order valence-electron chi connectivity index (χ0n) is 12.1. The standard InChI is InChI=1S/C16H22N4O/c17-13-9-18-2-1-14(13)19-15(21)20-16-6-10-3-11(7-16)5-12(4-10)8-16/h1-2,9-12H,3-8,17H2,(H2,18,19,20,21). The van der Waals surface area contributed by atoms with Crippen molar-refractivity contribution in [3.63, 3.8) is 0 Å². The molecular weight excluding hydrogens is 264 g/mol. The zero-order valence-corrected chi connectivity index (χ0v) is 12.1. The highest BCUT2D eigenvalue weighted by molar-refractivity contribution is 5.92. The third-order valence-electron chi connectivity index (χ3n) is 5.52. The Hall–Kier alpha value is -1.78. The maximum atomic E-state index is 12.4. The molecule has 1 heterocycles. The molecule has 5 heteroatoms. The molecule has 0 atom stereocenters. The summed E-state index contributed by atoms with van der Waals surface area (Å²) in [5, 5.41) is 6.14. The van der Waals surface area contributed by atoms with Crippen molar-refractivity contribution in [3.05, 3.63) is 18.5 Å². The molecule has 5 nitrogen and oxygen atoms in total. The first kappa shape index (κ1) is 12.9. The van der Waals surface area contributed by atoms with Gasteiger partial charge in [-0.15, -0.1) is 0 Å². The van der Waals surface area contributed by atoms with E-state index in [-0.39, 0.29) is 11.6 Å². The van der Waals surface area contributed by atoms with E-state index in [4.69, 9.17) is 5.73 Å². The van der Waals surface area contributed by atoms with Gasteiger partial charge in [-0.2, -0.15) is 0 Å². The van der Waals surface area contributed by atoms with Gasteiger partial charge in [0.05, 0.1) is 17.6 Å². The van der Waals surface area contributed by atoms with Crippen LogP contribution in [0, 0.1) is 17.8 Å². The molecule has 0 saturated heterocycles. The van der Waals surface area contributed by atoms with Crippen molar-refractivity contribution < 1.29 is 4.79 Å². The Morgan fingerprint density at radius 1 is 1.19 bits per heavy atom. The van der Waals surface area contributed by atoms with Gasteiger partial charge in [-0.3, -0.25) is 4.98 Å². The van der Waals surface area contributed by atoms with Crippen LogP contribution in [0.25, 0.3) is 0 Å². The largest absolute Gasteiger partial charge is 0.396 e. The number of nitrogens with zero attached hydrogens (tertiary/aromatic N) is 1. The minimum absolute atomic E-state index is 0.0284. The number of anilines is 2. The predicted molar refractivity (Wildman–Crippen MR) is 81.7 cm³/mol. The smallest absolute Gasteiger partial charge is 0.319 e. The highest BCUT2D eigenvalue weighted by atomic mass is 16.2. The van der Waals surface area contributed by atoms with Gasteiger partial charge in [0.2, 0.25) is 0 Å². The third kappa shape index (κ3) is 2.34. The molecule has 4 fully saturated rings. The van der Waals surface area contributed by atoms with E-state index in [9.17, 15) is 4.79 Å². The van der Waals surface area contributed by atoms with Crippen molar-refractivity contribution in [2.75, 3.05) is 11.1 Å². The molecule has 0 aliphatic heterocycles. The molecule has 0 spiro atoms. The quantitative estimate of drug-likeness (QED) is 0.782. The van der Waals surface area contributed by atoms with Crippen molar-refractivity contribution in [2.24, 2.45) is 17.8 Å². The molecule has 4 bridgehead atoms. The summed E-state index contributed by atoms with van der Waals surface area (Å²) in [7, 11) is 0. The highest BCUT2D eigenvalue weighted by Gasteiger charge is 2.51. The Morgan fingerprint density at radius 3 is 2.38 bits per heavy atom. The van der Waals surface area contributed by atoms with E-state index in [1.165, 1.54) is 19.3 Å². The lowest BCUT2D eigenvalue weighted by atomic mass is 9.53. The number of nitrogens with one attached hydrogen (secondary N) is 2. The van der Waals surface area contributed by atoms with Gasteiger partial charge < -0.3 is 16.4 Å². The Labute approximate surface area is 124 Å². The van der Waals surface area contributed by atoms with E-state index >= 15 is 0 Å². The minimum Gasteiger partial charge on any atom is -0.396 e. The number of rotatable bonds is 2. The summed E-state index contributed by atoms with van der Waals surface area (Å²) in [6.07, 6.45) is 10.8. The normalized spacial score (nSPS) is 36.5. The molecule has 4 aliphatic rings. The van der Waals surface area contributed by atoms with Crippen LogP contribution in [0.15, 0.2) is 18.5 Å². The topological polar surface area (TPSA) is 80.0 Å². The number of hydrogen-bond donors (Lipinski definition) is 3. The summed E-state index contributed by atoms with van der Waals surface area (Å²) in [5.41, 5.74) is 6.98. The zero-order chi connectivity index (χ0) is 14.4. The fraction of sp³-hybridized carbons (Fsp3) is 0.625. The van der Waals surface area contributed by atoms with Gasteiger partial charge in [0.1, 0.15) is 0 Å². The second-order valence-corrected chi connectivity index (χ2v) is 7.24. The van der Waals surface area contributed by atoms with Crippen LogP contribution in [0.2, 0.25) is 0 Å². The summed E-state index contributed by atoms with van der Waals surface area (Å²) in [5.74, 6) is 2.47. The molecule has 5 rings (SSSR count). The monoisotopic (exact) mass is 286 g/mol. The van der Waals surface area contributed by atoms with Gasteiger partial charge in [0.25, 0.3) is 0 Å². The van der Waals surface area contributed by atoms with E-state index in [1.807, 2.05) is 0 Å². The Balaban J connectivity index is 1.46. The van der Waals surface area contributed by atoms with Crippen LogP contribution in [0.4, 0.5) is 16.2 Å². The van der Waals surface area contributed by atoms with Crippen LogP contribution in [-0.4, -0.2) is 16.6 Å². The maximum absolute atomic E-state index is 12.4. The van der Waals surface area contributed by atoms with Crippen molar-refractivity contribution in [3.8, 4) is 0 Å². The van der Waals surface area contributed by atoms with Crippen LogP contribution < -0.4 is 16.4 Å². The molecule has 1 aromatic heterocycles. The average Bonchev–Trinajstić information content (AvgIpc) is 2.39. The molecule has 4 aliphatic carbocycles. The first-order valence-electron chi connectivity index (χ1n) is 7.90. The Morgan fingerprint density at radius 2 is 1.81 bits per heavy atom. The fourth-order valence-electron chi connectivity index (χ4n) is 5.18. The number of hydrogen-bond acceptors (Lipinski definition) is 3. The first-order valence-corrected chi connectivity index (χ1v) is 7.90. The third-order valence-corrected chi connectivity index (χ3v) is 5.52. The molecule has 112 valence electrons. The summed E-state index contributed by atoms with van der Waals surface area (Å²) in [6.45, 7) is 0. The lowest BCUT2D eigenvalue weighted by Crippen LogP contribution is -2.60. The summed E-state index contributed by atoms with van der Waals surface area (Å²) in [4.78, 5) is 16.3. The first-order chi connectivity index (χ1) is 10.1. The fourth-order valence-corrected chi connectivity index (χ4v) is 5.18. The number of amides is 2. The second-order valence-electron chi connectivity index (χ2n) is 7.24. The average molecular weight is 286 g/mol. The van der Waals surface area contributed by atoms with Gasteiger partial charge in [-0.25, -0.2) is 4.79 Å². The van der Waals surface area contributed by atoms with Gasteiger partial charge >= 0.3 is 6.03 Å². The number of carbonyl (C=O) groups excluding carboxylic acids is 1. The van der Waals surface area contributed by atoms with Crippen LogP contribution in [0.5, 0.6) is 0 Å². The number of urea groups is 1. The number of aromatic nitrogens is 1. The number of nitrogen functional groups attached to an aromatic ring is 1. The van der Waals surface area contributed by atoms with E-state index < -0.39 is 0 Å². The Bertz CT molecular complexity index is 536. The van der Waals surface area contributed by atoms with Gasteiger partial charge in [0, 0.05) is 11.7 Å². The lowest BCUT2D eigenvalue weighted by molar-refractivity contribution is -0.0127. The Kier molecular flexibility index (Phi) is 2.84. The van der Waals surface area contributed by atoms with Gasteiger partial charge in [-0.1, -0.05) is 0 Å². The van der Waals surface area contributed by atoms with E-state index in [1.54, 1.807) is 18.5 Å². The van der Waals surface area contributed by atoms with Crippen molar-refractivity contribution in [1.29, 1.82) is 0 Å². The molecule has 21 heavy (non-hydrogen) atoms. The number of nitrogens with two attached hydrogens (primary N) is 1. The highest BCUT2D eigenvalue weighted by Crippen LogP contribution is 2.55. The van der Waals surface area contributed by atoms with Crippen LogP contribution in [0.1, 0.15) is 38.5 Å².